The van der Waals surface area contributed by atoms with E-state index in [1.165, 1.54) is 6.07 Å². The molecule has 1 atom stereocenters. The normalized spacial score (nSPS) is 11.8. The van der Waals surface area contributed by atoms with E-state index in [9.17, 15) is 14.4 Å². The van der Waals surface area contributed by atoms with E-state index >= 15 is 0 Å². The van der Waals surface area contributed by atoms with Crippen LogP contribution in [-0.2, 0) is 9.53 Å². The molecular weight excluding hydrogens is 358 g/mol. The Labute approximate surface area is 162 Å². The molecule has 0 fully saturated rings. The Morgan fingerprint density at radius 1 is 1.11 bits per heavy atom. The monoisotopic (exact) mass is 379 g/mol. The van der Waals surface area contributed by atoms with Crippen LogP contribution in [-0.4, -0.2) is 18.5 Å². The third-order valence-electron chi connectivity index (χ3n) is 4.35. The average Bonchev–Trinajstić information content (AvgIpc) is 2.67. The summed E-state index contributed by atoms with van der Waals surface area (Å²) in [6.45, 7) is 3.92. The molecule has 144 valence electrons. The van der Waals surface area contributed by atoms with Gasteiger partial charge in [-0.15, -0.1) is 0 Å². The molecular formula is C22H21NO5. The Morgan fingerprint density at radius 2 is 1.82 bits per heavy atom. The van der Waals surface area contributed by atoms with Crippen LogP contribution >= 0.6 is 0 Å². The minimum absolute atomic E-state index is 0.0401. The molecule has 3 rings (SSSR count). The smallest absolute Gasteiger partial charge is 0.349 e. The van der Waals surface area contributed by atoms with E-state index in [1.807, 2.05) is 31.2 Å². The molecule has 0 bridgehead atoms. The van der Waals surface area contributed by atoms with Gasteiger partial charge in [0.05, 0.1) is 19.1 Å². The lowest BCUT2D eigenvalue weighted by Gasteiger charge is -2.18. The minimum Gasteiger partial charge on any atom is -0.466 e. The number of hydrogen-bond donors (Lipinski definition) is 1. The number of carbonyl (C=O) groups is 2. The lowest BCUT2D eigenvalue weighted by molar-refractivity contribution is -0.143. The number of nitrogens with one attached hydrogen (secondary N) is 1. The van der Waals surface area contributed by atoms with Crippen LogP contribution in [0, 0.1) is 6.92 Å². The number of fused-ring (bicyclic) bond motifs is 1. The first-order chi connectivity index (χ1) is 13.5. The van der Waals surface area contributed by atoms with Gasteiger partial charge in [-0.2, -0.15) is 0 Å². The standard InChI is InChI=1S/C22H21NO5/c1-3-27-20(24)13-18(15-10-8-14(2)9-11-15)23-21(25)17-12-16-6-4-5-7-19(16)28-22(17)26/h4-12,18H,3,13H2,1-2H3,(H,23,25)/t18-/m1/s1. The number of benzene rings is 2. The van der Waals surface area contributed by atoms with Gasteiger partial charge in [-0.25, -0.2) is 4.79 Å². The molecule has 0 aliphatic carbocycles. The van der Waals surface area contributed by atoms with Crippen LogP contribution in [0.15, 0.2) is 63.8 Å². The molecule has 1 aromatic heterocycles. The van der Waals surface area contributed by atoms with Gasteiger partial charge in [0, 0.05) is 5.39 Å². The van der Waals surface area contributed by atoms with Crippen molar-refractivity contribution in [2.75, 3.05) is 6.61 Å². The SMILES string of the molecule is CCOC(=O)C[C@@H](NC(=O)c1cc2ccccc2oc1=O)c1ccc(C)cc1. The predicted molar refractivity (Wildman–Crippen MR) is 105 cm³/mol. The van der Waals surface area contributed by atoms with Crippen molar-refractivity contribution in [3.05, 3.63) is 81.7 Å². The number of esters is 1. The molecule has 0 unspecified atom stereocenters. The number of amides is 1. The largest absolute Gasteiger partial charge is 0.466 e. The number of ether oxygens (including phenoxy) is 1. The highest BCUT2D eigenvalue weighted by Gasteiger charge is 2.22. The quantitative estimate of drug-likeness (QED) is 0.523. The lowest BCUT2D eigenvalue weighted by atomic mass is 10.0. The summed E-state index contributed by atoms with van der Waals surface area (Å²) in [6, 6.07) is 15.3. The fraction of sp³-hybridized carbons (Fsp3) is 0.227. The fourth-order valence-corrected chi connectivity index (χ4v) is 2.89. The minimum atomic E-state index is -0.727. The molecule has 0 aliphatic rings. The molecule has 2 aromatic carbocycles. The van der Waals surface area contributed by atoms with Gasteiger partial charge in [-0.3, -0.25) is 9.59 Å². The van der Waals surface area contributed by atoms with Crippen molar-refractivity contribution in [1.29, 1.82) is 0 Å². The Balaban J connectivity index is 1.90. The molecule has 1 N–H and O–H groups in total. The van der Waals surface area contributed by atoms with Crippen LogP contribution in [0.4, 0.5) is 0 Å². The van der Waals surface area contributed by atoms with E-state index in [2.05, 4.69) is 5.32 Å². The van der Waals surface area contributed by atoms with E-state index in [4.69, 9.17) is 9.15 Å². The van der Waals surface area contributed by atoms with Crippen LogP contribution < -0.4 is 10.9 Å². The van der Waals surface area contributed by atoms with Crippen molar-refractivity contribution >= 4 is 22.8 Å². The topological polar surface area (TPSA) is 85.6 Å². The van der Waals surface area contributed by atoms with E-state index in [0.29, 0.717) is 11.0 Å². The summed E-state index contributed by atoms with van der Waals surface area (Å²) in [5, 5.41) is 3.41. The third-order valence-corrected chi connectivity index (χ3v) is 4.35. The summed E-state index contributed by atoms with van der Waals surface area (Å²) in [6.07, 6.45) is -0.0401. The summed E-state index contributed by atoms with van der Waals surface area (Å²) in [5.41, 5.74) is 1.37. The average molecular weight is 379 g/mol. The highest BCUT2D eigenvalue weighted by Crippen LogP contribution is 2.20. The number of aryl methyl sites for hydroxylation is 1. The maximum absolute atomic E-state index is 12.8. The summed E-state index contributed by atoms with van der Waals surface area (Å²) in [4.78, 5) is 37.0. The van der Waals surface area contributed by atoms with Crippen molar-refractivity contribution in [1.82, 2.24) is 5.32 Å². The number of hydrogen-bond acceptors (Lipinski definition) is 5. The first-order valence-corrected chi connectivity index (χ1v) is 9.04. The predicted octanol–water partition coefficient (Wildman–Crippen LogP) is 3.53. The molecule has 1 amide bonds. The summed E-state index contributed by atoms with van der Waals surface area (Å²) >= 11 is 0. The second-order valence-electron chi connectivity index (χ2n) is 6.43. The second-order valence-corrected chi connectivity index (χ2v) is 6.43. The number of para-hydroxylation sites is 1. The Bertz CT molecular complexity index is 1050. The van der Waals surface area contributed by atoms with Gasteiger partial charge in [0.2, 0.25) is 0 Å². The highest BCUT2D eigenvalue weighted by atomic mass is 16.5. The first kappa shape index (κ1) is 19.4. The Kier molecular flexibility index (Phi) is 5.89. The van der Waals surface area contributed by atoms with Crippen molar-refractivity contribution in [2.24, 2.45) is 0 Å². The highest BCUT2D eigenvalue weighted by molar-refractivity contribution is 5.97. The molecule has 1 heterocycles. The number of carbonyl (C=O) groups excluding carboxylic acids is 2. The number of rotatable bonds is 6. The molecule has 6 heteroatoms. The van der Waals surface area contributed by atoms with Crippen molar-refractivity contribution in [2.45, 2.75) is 26.3 Å². The van der Waals surface area contributed by atoms with Crippen LogP contribution in [0.1, 0.15) is 40.9 Å². The summed E-state index contributed by atoms with van der Waals surface area (Å²) < 4.78 is 10.2. The van der Waals surface area contributed by atoms with Crippen molar-refractivity contribution < 1.29 is 18.7 Å². The maximum Gasteiger partial charge on any atom is 0.349 e. The Hall–Kier alpha value is -3.41. The zero-order valence-corrected chi connectivity index (χ0v) is 15.7. The van der Waals surface area contributed by atoms with Crippen LogP contribution in [0.25, 0.3) is 11.0 Å². The van der Waals surface area contributed by atoms with Crippen LogP contribution in [0.5, 0.6) is 0 Å². The second kappa shape index (κ2) is 8.52. The zero-order valence-electron chi connectivity index (χ0n) is 15.7. The van der Waals surface area contributed by atoms with E-state index in [-0.39, 0.29) is 18.6 Å². The molecule has 0 radical (unpaired) electrons. The lowest BCUT2D eigenvalue weighted by Crippen LogP contribution is -2.33. The van der Waals surface area contributed by atoms with E-state index in [0.717, 1.165) is 11.1 Å². The maximum atomic E-state index is 12.8. The van der Waals surface area contributed by atoms with Crippen molar-refractivity contribution in [3.8, 4) is 0 Å². The van der Waals surface area contributed by atoms with E-state index in [1.54, 1.807) is 31.2 Å². The van der Waals surface area contributed by atoms with Crippen LogP contribution in [0.2, 0.25) is 0 Å². The van der Waals surface area contributed by atoms with Gasteiger partial charge in [0.1, 0.15) is 11.1 Å². The first-order valence-electron chi connectivity index (χ1n) is 9.04. The molecule has 6 nitrogen and oxygen atoms in total. The van der Waals surface area contributed by atoms with Crippen LogP contribution in [0.3, 0.4) is 0 Å². The molecule has 0 spiro atoms. The zero-order chi connectivity index (χ0) is 20.1. The van der Waals surface area contributed by atoms with Gasteiger partial charge >= 0.3 is 11.6 Å². The van der Waals surface area contributed by atoms with E-state index < -0.39 is 23.5 Å². The van der Waals surface area contributed by atoms with Gasteiger partial charge in [-0.05, 0) is 31.5 Å². The third kappa shape index (κ3) is 4.46. The fourth-order valence-electron chi connectivity index (χ4n) is 2.89. The summed E-state index contributed by atoms with van der Waals surface area (Å²) in [7, 11) is 0. The van der Waals surface area contributed by atoms with Gasteiger partial charge in [0.15, 0.2) is 0 Å². The van der Waals surface area contributed by atoms with Gasteiger partial charge in [-0.1, -0.05) is 48.0 Å². The molecule has 3 aromatic rings. The van der Waals surface area contributed by atoms with Crippen molar-refractivity contribution in [3.63, 3.8) is 0 Å². The summed E-state index contributed by atoms with van der Waals surface area (Å²) in [5.74, 6) is -1.03. The Morgan fingerprint density at radius 3 is 2.54 bits per heavy atom. The molecule has 0 saturated carbocycles. The van der Waals surface area contributed by atoms with Gasteiger partial charge in [0.25, 0.3) is 5.91 Å². The molecule has 28 heavy (non-hydrogen) atoms. The molecule has 0 aliphatic heterocycles. The van der Waals surface area contributed by atoms with Gasteiger partial charge < -0.3 is 14.5 Å². The molecule has 0 saturated heterocycles.